The fourth-order valence-electron chi connectivity index (χ4n) is 10.2. The monoisotopic (exact) mass is 957 g/mol. The number of benzene rings is 4. The number of unbranched alkanes of at least 4 members (excludes halogenated alkanes) is 3. The van der Waals surface area contributed by atoms with Crippen molar-refractivity contribution < 1.29 is 34.0 Å². The molecular formula is C63H88O7. The summed E-state index contributed by atoms with van der Waals surface area (Å²) in [4.78, 5) is 25.1. The second kappa shape index (κ2) is 27.8. The number of hydrogen-bond donors (Lipinski definition) is 2. The van der Waals surface area contributed by atoms with Crippen molar-refractivity contribution in [1.29, 1.82) is 0 Å². The molecule has 0 radical (unpaired) electrons. The van der Waals surface area contributed by atoms with Crippen LogP contribution in [-0.2, 0) is 44.7 Å². The maximum absolute atomic E-state index is 12.7. The Labute approximate surface area is 422 Å². The highest BCUT2D eigenvalue weighted by Gasteiger charge is 2.29. The first-order valence-electron chi connectivity index (χ1n) is 27.1. The maximum atomic E-state index is 12.7. The lowest BCUT2D eigenvalue weighted by Gasteiger charge is -2.30. The number of ether oxygens (including phenoxy) is 3. The van der Waals surface area contributed by atoms with Crippen molar-refractivity contribution in [3.8, 4) is 39.1 Å². The topological polar surface area (TPSA) is 102 Å². The number of carbonyl (C=O) groups excluding carboxylic acids is 2. The molecule has 5 rings (SSSR count). The van der Waals surface area contributed by atoms with Crippen LogP contribution in [0.5, 0.6) is 5.75 Å². The Morgan fingerprint density at radius 1 is 0.614 bits per heavy atom. The smallest absolute Gasteiger partial charge is 0.333 e. The van der Waals surface area contributed by atoms with Crippen LogP contribution in [0.2, 0.25) is 0 Å². The van der Waals surface area contributed by atoms with Crippen LogP contribution < -0.4 is 4.74 Å². The molecule has 7 heteroatoms. The van der Waals surface area contributed by atoms with E-state index in [2.05, 4.69) is 107 Å². The molecule has 2 N–H and O–H groups in total. The fourth-order valence-corrected chi connectivity index (χ4v) is 10.2. The van der Waals surface area contributed by atoms with Gasteiger partial charge in [-0.15, -0.1) is 0 Å². The number of aliphatic hydroxyl groups excluding tert-OH is 2. The minimum atomic E-state index is -0.637. The molecule has 1 fully saturated rings. The predicted molar refractivity (Wildman–Crippen MR) is 289 cm³/mol. The number of rotatable bonds is 28. The number of aliphatic hydroxyl groups is 2. The van der Waals surface area contributed by atoms with Crippen LogP contribution in [0.1, 0.15) is 179 Å². The van der Waals surface area contributed by atoms with Crippen LogP contribution in [0.3, 0.4) is 0 Å². The van der Waals surface area contributed by atoms with Crippen LogP contribution >= 0.6 is 0 Å². The summed E-state index contributed by atoms with van der Waals surface area (Å²) in [6.07, 6.45) is 18.1. The standard InChI is InChI=1S/C63H88O7/c1-10-14-16-19-46-22-24-49(25-23-46)50-26-28-51(29-27-50)57-32-30-52(39-47(57)12-3)53-31-33-58(48(13-4)40-53)56-41-54(20-17-36-69-60(66)45(5)6)59(68-38-35-63(43-64,44-65)34-15-11-2)55(42-56)21-18-37-70-61(67)62(7,8)9/h26-33,39-42,46,49,64-65H,5,10-25,34-38,43-44H2,1-4,6-9H3. The third-order valence-electron chi connectivity index (χ3n) is 14.8. The summed E-state index contributed by atoms with van der Waals surface area (Å²) in [7, 11) is 0. The summed E-state index contributed by atoms with van der Waals surface area (Å²) in [6.45, 7) is 20.4. The van der Waals surface area contributed by atoms with Crippen LogP contribution in [-0.4, -0.2) is 55.2 Å². The Balaban J connectivity index is 1.45. The molecule has 4 aromatic rings. The quantitative estimate of drug-likeness (QED) is 0.0332. The third-order valence-corrected chi connectivity index (χ3v) is 14.8. The first-order chi connectivity index (χ1) is 33.7. The molecule has 0 spiro atoms. The van der Waals surface area contributed by atoms with Gasteiger partial charge in [-0.1, -0.05) is 133 Å². The summed E-state index contributed by atoms with van der Waals surface area (Å²) in [5, 5.41) is 20.9. The van der Waals surface area contributed by atoms with E-state index in [9.17, 15) is 19.8 Å². The maximum Gasteiger partial charge on any atom is 0.333 e. The average Bonchev–Trinajstić information content (AvgIpc) is 3.37. The van der Waals surface area contributed by atoms with E-state index in [1.807, 2.05) is 20.8 Å². The van der Waals surface area contributed by atoms with Crippen molar-refractivity contribution >= 4 is 11.9 Å². The Morgan fingerprint density at radius 2 is 1.14 bits per heavy atom. The molecule has 1 aliphatic rings. The van der Waals surface area contributed by atoms with Gasteiger partial charge in [-0.05, 0) is 190 Å². The lowest BCUT2D eigenvalue weighted by atomic mass is 9.77. The molecule has 0 aromatic heterocycles. The average molecular weight is 957 g/mol. The van der Waals surface area contributed by atoms with Gasteiger partial charge in [0.2, 0.25) is 0 Å². The molecule has 7 nitrogen and oxygen atoms in total. The van der Waals surface area contributed by atoms with Crippen molar-refractivity contribution in [2.75, 3.05) is 33.0 Å². The third kappa shape index (κ3) is 15.9. The van der Waals surface area contributed by atoms with E-state index in [1.165, 1.54) is 90.3 Å². The van der Waals surface area contributed by atoms with Crippen molar-refractivity contribution in [1.82, 2.24) is 0 Å². The van der Waals surface area contributed by atoms with Crippen LogP contribution in [0.15, 0.2) is 84.9 Å². The Kier molecular flexibility index (Phi) is 22.3. The zero-order valence-electron chi connectivity index (χ0n) is 44.5. The van der Waals surface area contributed by atoms with Crippen molar-refractivity contribution in [2.24, 2.45) is 16.7 Å². The summed E-state index contributed by atoms with van der Waals surface area (Å²) in [6, 6.07) is 27.7. The molecule has 0 atom stereocenters. The number of hydrogen-bond acceptors (Lipinski definition) is 7. The van der Waals surface area contributed by atoms with E-state index >= 15 is 0 Å². The van der Waals surface area contributed by atoms with Gasteiger partial charge in [0.15, 0.2) is 0 Å². The highest BCUT2D eigenvalue weighted by Crippen LogP contribution is 2.41. The molecule has 1 saturated carbocycles. The van der Waals surface area contributed by atoms with E-state index in [0.29, 0.717) is 56.6 Å². The predicted octanol–water partition coefficient (Wildman–Crippen LogP) is 15.2. The van der Waals surface area contributed by atoms with Gasteiger partial charge in [0.05, 0.1) is 38.4 Å². The first kappa shape index (κ1) is 56.2. The van der Waals surface area contributed by atoms with Gasteiger partial charge < -0.3 is 24.4 Å². The van der Waals surface area contributed by atoms with Gasteiger partial charge >= 0.3 is 11.9 Å². The van der Waals surface area contributed by atoms with Crippen LogP contribution in [0, 0.1) is 16.7 Å². The number of aryl methyl sites for hydroxylation is 4. The van der Waals surface area contributed by atoms with Gasteiger partial charge in [0, 0.05) is 11.0 Å². The first-order valence-corrected chi connectivity index (χ1v) is 27.1. The zero-order chi connectivity index (χ0) is 50.7. The van der Waals surface area contributed by atoms with Crippen molar-refractivity contribution in [2.45, 2.75) is 177 Å². The molecule has 0 amide bonds. The van der Waals surface area contributed by atoms with E-state index in [4.69, 9.17) is 14.2 Å². The molecule has 0 bridgehead atoms. The van der Waals surface area contributed by atoms with Gasteiger partial charge in [-0.2, -0.15) is 0 Å². The van der Waals surface area contributed by atoms with Gasteiger partial charge in [0.1, 0.15) is 5.75 Å². The fraction of sp³-hybridized carbons (Fsp3) is 0.556. The summed E-state index contributed by atoms with van der Waals surface area (Å²) in [5.74, 6) is 1.71. The highest BCUT2D eigenvalue weighted by atomic mass is 16.5. The highest BCUT2D eigenvalue weighted by molar-refractivity contribution is 5.87. The molecular weight excluding hydrogens is 869 g/mol. The summed E-state index contributed by atoms with van der Waals surface area (Å²) >= 11 is 0. The molecule has 70 heavy (non-hydrogen) atoms. The van der Waals surface area contributed by atoms with Gasteiger partial charge in [-0.3, -0.25) is 4.79 Å². The lowest BCUT2D eigenvalue weighted by Crippen LogP contribution is -2.32. The number of carbonyl (C=O) groups is 2. The Bertz CT molecular complexity index is 2270. The molecule has 1 aliphatic carbocycles. The Hall–Kier alpha value is -4.72. The van der Waals surface area contributed by atoms with Crippen LogP contribution in [0.25, 0.3) is 33.4 Å². The normalized spacial score (nSPS) is 15.2. The van der Waals surface area contributed by atoms with Crippen molar-refractivity contribution in [3.63, 3.8) is 0 Å². The van der Waals surface area contributed by atoms with E-state index < -0.39 is 16.8 Å². The van der Waals surface area contributed by atoms with Crippen LogP contribution in [0.4, 0.5) is 0 Å². The lowest BCUT2D eigenvalue weighted by molar-refractivity contribution is -0.153. The second-order valence-electron chi connectivity index (χ2n) is 21.4. The molecule has 0 unspecified atom stereocenters. The van der Waals surface area contributed by atoms with Crippen molar-refractivity contribution in [3.05, 3.63) is 113 Å². The molecule has 4 aromatic carbocycles. The van der Waals surface area contributed by atoms with E-state index in [-0.39, 0.29) is 32.4 Å². The molecule has 382 valence electrons. The SMILES string of the molecule is C=C(C)C(=O)OCCCc1cc(-c2ccc(-c3ccc(-c4ccc(C5CCC(CCCCC)CC5)cc4)c(CC)c3)cc2CC)cc(CCCOC(=O)C(C)(C)C)c1OCCC(CO)(CO)CCCC. The summed E-state index contributed by atoms with van der Waals surface area (Å²) in [5.41, 5.74) is 12.4. The summed E-state index contributed by atoms with van der Waals surface area (Å²) < 4.78 is 18.0. The number of esters is 2. The molecule has 0 saturated heterocycles. The molecule has 0 heterocycles. The minimum absolute atomic E-state index is 0.119. The largest absolute Gasteiger partial charge is 0.493 e. The Morgan fingerprint density at radius 3 is 1.66 bits per heavy atom. The van der Waals surface area contributed by atoms with E-state index in [0.717, 1.165) is 59.6 Å². The molecule has 0 aliphatic heterocycles. The van der Waals surface area contributed by atoms with Gasteiger partial charge in [0.25, 0.3) is 0 Å². The minimum Gasteiger partial charge on any atom is -0.493 e. The van der Waals surface area contributed by atoms with Gasteiger partial charge in [-0.25, -0.2) is 4.79 Å². The second-order valence-corrected chi connectivity index (χ2v) is 21.4. The van der Waals surface area contributed by atoms with E-state index in [1.54, 1.807) is 6.92 Å². The zero-order valence-corrected chi connectivity index (χ0v) is 44.5.